The van der Waals surface area contributed by atoms with Crippen LogP contribution in [0.4, 0.5) is 10.1 Å². The van der Waals surface area contributed by atoms with Crippen LogP contribution in [0.3, 0.4) is 0 Å². The molecule has 2 aromatic heterocycles. The van der Waals surface area contributed by atoms with Gasteiger partial charge in [0.25, 0.3) is 0 Å². The Morgan fingerprint density at radius 3 is 2.25 bits per heavy atom. The number of halogens is 3. The lowest BCUT2D eigenvalue weighted by Crippen LogP contribution is -2.03. The first-order valence-electron chi connectivity index (χ1n) is 11.7. The van der Waals surface area contributed by atoms with E-state index in [0.717, 1.165) is 33.5 Å². The van der Waals surface area contributed by atoms with Gasteiger partial charge in [0.1, 0.15) is 5.75 Å². The number of fused-ring (bicyclic) bond motifs is 1. The lowest BCUT2D eigenvalue weighted by Gasteiger charge is -2.13. The molecule has 0 saturated heterocycles. The Morgan fingerprint density at radius 1 is 0.861 bits per heavy atom. The molecule has 4 aromatic rings. The van der Waals surface area contributed by atoms with Crippen molar-refractivity contribution in [2.24, 2.45) is 0 Å². The summed E-state index contributed by atoms with van der Waals surface area (Å²) >= 11 is 13.1. The molecular weight excluding hydrogens is 522 g/mol. The van der Waals surface area contributed by atoms with Crippen molar-refractivity contribution >= 4 is 50.4 Å². The summed E-state index contributed by atoms with van der Waals surface area (Å²) in [6, 6.07) is 13.8. The lowest BCUT2D eigenvalue weighted by atomic mass is 10.1. The number of nitrogens with zero attached hydrogens (tertiary/aromatic N) is 1. The standard InChI is InChI=1S/C25H23Cl2FN2O3S.C2H6/c26-8-1-11-31-21-5-3-16(13-23(21)32-12-2-9-27)24-15-19-25(34-24)22(7-10-30-19)33-20-6-4-17(29)14-18(20)28;1-2/h3-7,10,13-15H,1-2,8-9,11-12,29H2;1-2H3. The fourth-order valence-corrected chi connectivity index (χ4v) is 4.50. The molecule has 0 atom stereocenters. The number of rotatable bonds is 11. The van der Waals surface area contributed by atoms with Gasteiger partial charge in [-0.2, -0.15) is 0 Å². The predicted octanol–water partition coefficient (Wildman–Crippen LogP) is 8.52. The zero-order chi connectivity index (χ0) is 25.9. The summed E-state index contributed by atoms with van der Waals surface area (Å²) in [6.07, 6.45) is 3.10. The lowest BCUT2D eigenvalue weighted by molar-refractivity contribution is 0.269. The number of hydrogen-bond acceptors (Lipinski definition) is 6. The van der Waals surface area contributed by atoms with Crippen molar-refractivity contribution in [2.75, 3.05) is 30.7 Å². The van der Waals surface area contributed by atoms with Crippen LogP contribution in [0.25, 0.3) is 20.7 Å². The van der Waals surface area contributed by atoms with Gasteiger partial charge in [-0.05, 0) is 54.8 Å². The number of alkyl halides is 2. The quantitative estimate of drug-likeness (QED) is 0.115. The molecule has 0 amide bonds. The fourth-order valence-electron chi connectivity index (χ4n) is 3.22. The number of benzene rings is 2. The molecule has 2 N–H and O–H groups in total. The zero-order valence-corrected chi connectivity index (χ0v) is 22.6. The van der Waals surface area contributed by atoms with Crippen LogP contribution < -0.4 is 19.9 Å². The molecule has 2 heterocycles. The van der Waals surface area contributed by atoms with E-state index < -0.39 is 5.82 Å². The third-order valence-corrected chi connectivity index (χ3v) is 6.57. The van der Waals surface area contributed by atoms with Gasteiger partial charge in [-0.25, -0.2) is 4.39 Å². The van der Waals surface area contributed by atoms with Crippen molar-refractivity contribution in [3.8, 4) is 33.4 Å². The van der Waals surface area contributed by atoms with Gasteiger partial charge in [-0.3, -0.25) is 4.98 Å². The number of aromatic nitrogens is 1. The summed E-state index contributed by atoms with van der Waals surface area (Å²) < 4.78 is 32.7. The molecule has 5 nitrogen and oxygen atoms in total. The van der Waals surface area contributed by atoms with Gasteiger partial charge in [0.15, 0.2) is 23.1 Å². The number of nitrogen functional groups attached to an aromatic ring is 1. The summed E-state index contributed by atoms with van der Waals surface area (Å²) in [7, 11) is 0. The van der Waals surface area contributed by atoms with Crippen LogP contribution in [0.15, 0.2) is 54.7 Å². The van der Waals surface area contributed by atoms with Crippen molar-refractivity contribution in [1.29, 1.82) is 0 Å². The summed E-state index contributed by atoms with van der Waals surface area (Å²) in [6.45, 7) is 4.99. The first kappa shape index (κ1) is 27.8. The normalized spacial score (nSPS) is 10.6. The van der Waals surface area contributed by atoms with Gasteiger partial charge in [0.2, 0.25) is 0 Å². The van der Waals surface area contributed by atoms with E-state index in [9.17, 15) is 4.39 Å². The highest BCUT2D eigenvalue weighted by Gasteiger charge is 2.15. The predicted molar refractivity (Wildman–Crippen MR) is 149 cm³/mol. The topological polar surface area (TPSA) is 66.6 Å². The van der Waals surface area contributed by atoms with Crippen molar-refractivity contribution in [2.45, 2.75) is 26.7 Å². The van der Waals surface area contributed by atoms with Crippen LogP contribution >= 0.6 is 34.5 Å². The van der Waals surface area contributed by atoms with E-state index in [1.165, 1.54) is 23.5 Å². The first-order valence-corrected chi connectivity index (χ1v) is 13.6. The second-order valence-electron chi connectivity index (χ2n) is 7.37. The molecule has 2 aromatic carbocycles. The van der Waals surface area contributed by atoms with E-state index in [1.807, 2.05) is 38.1 Å². The fraction of sp³-hybridized carbons (Fsp3) is 0.296. The monoisotopic (exact) mass is 550 g/mol. The number of nitrogens with two attached hydrogens (primary N) is 1. The Hall–Kier alpha value is -2.74. The molecule has 0 aliphatic carbocycles. The van der Waals surface area contributed by atoms with E-state index in [4.69, 9.17) is 43.1 Å². The largest absolute Gasteiger partial charge is 0.490 e. The highest BCUT2D eigenvalue weighted by molar-refractivity contribution is 7.22. The minimum absolute atomic E-state index is 0.102. The Bertz CT molecular complexity index is 1270. The SMILES string of the molecule is CC.Nc1ccc(Oc2ccnc3cc(-c4ccc(OCCCCl)c(OCCCCl)c4)sc23)c(F)c1. The summed E-state index contributed by atoms with van der Waals surface area (Å²) in [5.74, 6) is 2.44. The van der Waals surface area contributed by atoms with Gasteiger partial charge in [0.05, 0.1) is 23.4 Å². The second kappa shape index (κ2) is 14.1. The van der Waals surface area contributed by atoms with Crippen molar-refractivity contribution in [3.05, 3.63) is 60.5 Å². The maximum absolute atomic E-state index is 14.3. The molecule has 192 valence electrons. The molecule has 0 bridgehead atoms. The van der Waals surface area contributed by atoms with Gasteiger partial charge in [0, 0.05) is 40.7 Å². The zero-order valence-electron chi connectivity index (χ0n) is 20.2. The minimum atomic E-state index is -0.523. The summed E-state index contributed by atoms with van der Waals surface area (Å²) in [5.41, 5.74) is 7.67. The average Bonchev–Trinajstić information content (AvgIpc) is 3.33. The second-order valence-corrected chi connectivity index (χ2v) is 9.18. The summed E-state index contributed by atoms with van der Waals surface area (Å²) in [5, 5.41) is 0. The van der Waals surface area contributed by atoms with Gasteiger partial charge >= 0.3 is 0 Å². The molecule has 0 spiro atoms. The first-order chi connectivity index (χ1) is 17.6. The van der Waals surface area contributed by atoms with Gasteiger partial charge in [-0.15, -0.1) is 34.5 Å². The number of anilines is 1. The third-order valence-electron chi connectivity index (χ3n) is 4.85. The number of hydrogen-bond donors (Lipinski definition) is 1. The van der Waals surface area contributed by atoms with E-state index in [2.05, 4.69) is 4.98 Å². The van der Waals surface area contributed by atoms with Crippen molar-refractivity contribution in [3.63, 3.8) is 0 Å². The molecule has 4 rings (SSSR count). The Balaban J connectivity index is 0.00000176. The third kappa shape index (κ3) is 7.15. The smallest absolute Gasteiger partial charge is 0.167 e. The summed E-state index contributed by atoms with van der Waals surface area (Å²) in [4.78, 5) is 5.41. The van der Waals surface area contributed by atoms with Crippen LogP contribution in [-0.2, 0) is 0 Å². The number of thiophene rings is 1. The Kier molecular flexibility index (Phi) is 10.9. The molecule has 0 aliphatic rings. The highest BCUT2D eigenvalue weighted by atomic mass is 35.5. The molecule has 0 unspecified atom stereocenters. The van der Waals surface area contributed by atoms with E-state index in [-0.39, 0.29) is 5.75 Å². The van der Waals surface area contributed by atoms with Crippen LogP contribution in [0.1, 0.15) is 26.7 Å². The molecule has 9 heteroatoms. The van der Waals surface area contributed by atoms with E-state index in [0.29, 0.717) is 47.9 Å². The molecule has 0 aliphatic heterocycles. The average molecular weight is 552 g/mol. The molecule has 0 saturated carbocycles. The van der Waals surface area contributed by atoms with Crippen LogP contribution in [0.5, 0.6) is 23.0 Å². The highest BCUT2D eigenvalue weighted by Crippen LogP contribution is 2.41. The van der Waals surface area contributed by atoms with E-state index in [1.54, 1.807) is 18.3 Å². The van der Waals surface area contributed by atoms with Gasteiger partial charge < -0.3 is 19.9 Å². The van der Waals surface area contributed by atoms with E-state index >= 15 is 0 Å². The van der Waals surface area contributed by atoms with Crippen molar-refractivity contribution in [1.82, 2.24) is 4.98 Å². The minimum Gasteiger partial charge on any atom is -0.490 e. The van der Waals surface area contributed by atoms with Gasteiger partial charge in [-0.1, -0.05) is 13.8 Å². The molecular formula is C27H29Cl2FN2O3S. The van der Waals surface area contributed by atoms with Crippen molar-refractivity contribution < 1.29 is 18.6 Å². The number of ether oxygens (including phenoxy) is 3. The Morgan fingerprint density at radius 2 is 1.56 bits per heavy atom. The maximum atomic E-state index is 14.3. The Labute approximate surface area is 224 Å². The molecule has 0 fully saturated rings. The molecule has 36 heavy (non-hydrogen) atoms. The van der Waals surface area contributed by atoms with Crippen LogP contribution in [0, 0.1) is 5.82 Å². The number of pyridine rings is 1. The van der Waals surface area contributed by atoms with Crippen LogP contribution in [0.2, 0.25) is 0 Å². The van der Waals surface area contributed by atoms with Crippen LogP contribution in [-0.4, -0.2) is 30.0 Å². The maximum Gasteiger partial charge on any atom is 0.167 e. The molecule has 0 radical (unpaired) electrons.